The molecule has 4 nitrogen and oxygen atoms in total. The molecule has 0 aliphatic carbocycles. The van der Waals surface area contributed by atoms with Gasteiger partial charge in [-0.2, -0.15) is 0 Å². The standard InChI is InChI=1S/C25H22ClN3O/c1-2-17-9-4-7-13-22(17)28-24-15-20(19-11-5-8-14-23(19)29-24)25(30)27-16-18-10-3-6-12-21(18)26/h3-15H,2,16H2,1H3,(H,27,30)(H,28,29). The van der Waals surface area contributed by atoms with E-state index in [-0.39, 0.29) is 5.91 Å². The Bertz CT molecular complexity index is 1210. The van der Waals surface area contributed by atoms with Crippen LogP contribution in [0.3, 0.4) is 0 Å². The van der Waals surface area contributed by atoms with E-state index in [2.05, 4.69) is 23.6 Å². The minimum Gasteiger partial charge on any atom is -0.348 e. The van der Waals surface area contributed by atoms with Gasteiger partial charge in [0.1, 0.15) is 5.82 Å². The van der Waals surface area contributed by atoms with Crippen molar-refractivity contribution in [3.05, 3.63) is 101 Å². The van der Waals surface area contributed by atoms with Crippen LogP contribution >= 0.6 is 11.6 Å². The van der Waals surface area contributed by atoms with Gasteiger partial charge in [-0.1, -0.05) is 73.1 Å². The second-order valence-electron chi connectivity index (χ2n) is 6.98. The van der Waals surface area contributed by atoms with Gasteiger partial charge in [0.05, 0.1) is 11.1 Å². The predicted molar refractivity (Wildman–Crippen MR) is 123 cm³/mol. The Balaban J connectivity index is 1.66. The Kier molecular flexibility index (Phi) is 5.96. The SMILES string of the molecule is CCc1ccccc1Nc1cc(C(=O)NCc2ccccc2Cl)c2ccccc2n1. The molecule has 2 N–H and O–H groups in total. The number of amides is 1. The summed E-state index contributed by atoms with van der Waals surface area (Å²) < 4.78 is 0. The molecular formula is C25H22ClN3O. The number of nitrogens with zero attached hydrogens (tertiary/aromatic N) is 1. The molecule has 150 valence electrons. The van der Waals surface area contributed by atoms with Gasteiger partial charge in [0.15, 0.2) is 0 Å². The van der Waals surface area contributed by atoms with E-state index in [4.69, 9.17) is 16.6 Å². The van der Waals surface area contributed by atoms with E-state index >= 15 is 0 Å². The highest BCUT2D eigenvalue weighted by Gasteiger charge is 2.14. The molecule has 0 unspecified atom stereocenters. The first-order valence-corrected chi connectivity index (χ1v) is 10.3. The van der Waals surface area contributed by atoms with Crippen molar-refractivity contribution in [2.45, 2.75) is 19.9 Å². The first-order valence-electron chi connectivity index (χ1n) is 9.92. The maximum atomic E-state index is 13.1. The summed E-state index contributed by atoms with van der Waals surface area (Å²) in [6.07, 6.45) is 0.905. The quantitative estimate of drug-likeness (QED) is 0.398. The highest BCUT2D eigenvalue weighted by atomic mass is 35.5. The second kappa shape index (κ2) is 8.97. The molecule has 0 saturated heterocycles. The van der Waals surface area contributed by atoms with Crippen molar-refractivity contribution in [2.75, 3.05) is 5.32 Å². The lowest BCUT2D eigenvalue weighted by molar-refractivity contribution is 0.0952. The van der Waals surface area contributed by atoms with Crippen LogP contribution in [0.1, 0.15) is 28.4 Å². The topological polar surface area (TPSA) is 54.0 Å². The molecule has 0 atom stereocenters. The van der Waals surface area contributed by atoms with Gasteiger partial charge in [0.25, 0.3) is 5.91 Å². The summed E-state index contributed by atoms with van der Waals surface area (Å²) in [4.78, 5) is 17.8. The van der Waals surface area contributed by atoms with Crippen molar-refractivity contribution in [1.29, 1.82) is 0 Å². The lowest BCUT2D eigenvalue weighted by Crippen LogP contribution is -2.23. The van der Waals surface area contributed by atoms with Crippen molar-refractivity contribution in [3.8, 4) is 0 Å². The van der Waals surface area contributed by atoms with E-state index in [1.807, 2.05) is 66.7 Å². The average molecular weight is 416 g/mol. The molecule has 4 rings (SSSR count). The Morgan fingerprint density at radius 3 is 2.43 bits per heavy atom. The number of pyridine rings is 1. The Morgan fingerprint density at radius 2 is 1.63 bits per heavy atom. The number of aryl methyl sites for hydroxylation is 1. The molecule has 1 heterocycles. The maximum absolute atomic E-state index is 13.1. The number of anilines is 2. The number of nitrogens with one attached hydrogen (secondary N) is 2. The van der Waals surface area contributed by atoms with Crippen LogP contribution in [0.25, 0.3) is 10.9 Å². The lowest BCUT2D eigenvalue weighted by atomic mass is 10.1. The number of halogens is 1. The Hall–Kier alpha value is -3.37. The summed E-state index contributed by atoms with van der Waals surface area (Å²) in [5.41, 5.74) is 4.40. The van der Waals surface area contributed by atoms with Crippen molar-refractivity contribution < 1.29 is 4.79 Å². The zero-order chi connectivity index (χ0) is 20.9. The Morgan fingerprint density at radius 1 is 0.933 bits per heavy atom. The van der Waals surface area contributed by atoms with E-state index in [1.54, 1.807) is 6.07 Å². The second-order valence-corrected chi connectivity index (χ2v) is 7.39. The number of hydrogen-bond acceptors (Lipinski definition) is 3. The minimum absolute atomic E-state index is 0.166. The molecule has 0 bridgehead atoms. The molecule has 1 amide bonds. The molecule has 0 radical (unpaired) electrons. The fraction of sp³-hybridized carbons (Fsp3) is 0.120. The van der Waals surface area contributed by atoms with E-state index in [9.17, 15) is 4.79 Å². The number of aromatic nitrogens is 1. The highest BCUT2D eigenvalue weighted by molar-refractivity contribution is 6.31. The van der Waals surface area contributed by atoms with Crippen molar-refractivity contribution in [2.24, 2.45) is 0 Å². The number of benzene rings is 3. The molecule has 3 aromatic carbocycles. The molecule has 0 saturated carbocycles. The van der Waals surface area contributed by atoms with E-state index in [1.165, 1.54) is 5.56 Å². The number of carbonyl (C=O) groups is 1. The largest absolute Gasteiger partial charge is 0.348 e. The molecule has 0 aliphatic heterocycles. The fourth-order valence-corrected chi connectivity index (χ4v) is 3.63. The number of carbonyl (C=O) groups excluding carboxylic acids is 1. The van der Waals surface area contributed by atoms with Gasteiger partial charge in [0, 0.05) is 22.6 Å². The van der Waals surface area contributed by atoms with Crippen LogP contribution < -0.4 is 10.6 Å². The summed E-state index contributed by atoms with van der Waals surface area (Å²) in [5, 5.41) is 7.81. The van der Waals surface area contributed by atoms with Crippen molar-refractivity contribution >= 4 is 39.9 Å². The molecule has 0 aliphatic rings. The van der Waals surface area contributed by atoms with Gasteiger partial charge in [-0.25, -0.2) is 4.98 Å². The van der Waals surface area contributed by atoms with Crippen LogP contribution in [0.15, 0.2) is 78.9 Å². The van der Waals surface area contributed by atoms with Gasteiger partial charge in [-0.05, 0) is 41.8 Å². The number of para-hydroxylation sites is 2. The predicted octanol–water partition coefficient (Wildman–Crippen LogP) is 6.12. The molecule has 0 spiro atoms. The molecule has 0 fully saturated rings. The average Bonchev–Trinajstić information content (AvgIpc) is 2.78. The zero-order valence-corrected chi connectivity index (χ0v) is 17.4. The third-order valence-corrected chi connectivity index (χ3v) is 5.39. The summed E-state index contributed by atoms with van der Waals surface area (Å²) in [7, 11) is 0. The van der Waals surface area contributed by atoms with E-state index in [0.717, 1.165) is 28.6 Å². The van der Waals surface area contributed by atoms with Crippen LogP contribution in [0.4, 0.5) is 11.5 Å². The van der Waals surface area contributed by atoms with Crippen LogP contribution in [-0.2, 0) is 13.0 Å². The fourth-order valence-electron chi connectivity index (χ4n) is 3.43. The summed E-state index contributed by atoms with van der Waals surface area (Å²) in [5.74, 6) is 0.470. The number of fused-ring (bicyclic) bond motifs is 1. The molecule has 1 aromatic heterocycles. The van der Waals surface area contributed by atoms with Crippen LogP contribution in [0.5, 0.6) is 0 Å². The molecule has 5 heteroatoms. The van der Waals surface area contributed by atoms with Crippen LogP contribution in [-0.4, -0.2) is 10.9 Å². The zero-order valence-electron chi connectivity index (χ0n) is 16.7. The van der Waals surface area contributed by atoms with Crippen LogP contribution in [0, 0.1) is 0 Å². The normalized spacial score (nSPS) is 10.7. The third kappa shape index (κ3) is 4.29. The Labute approximate surface area is 180 Å². The van der Waals surface area contributed by atoms with Gasteiger partial charge >= 0.3 is 0 Å². The minimum atomic E-state index is -0.166. The van der Waals surface area contributed by atoms with Gasteiger partial charge in [-0.15, -0.1) is 0 Å². The van der Waals surface area contributed by atoms with E-state index < -0.39 is 0 Å². The summed E-state index contributed by atoms with van der Waals surface area (Å²) >= 11 is 6.22. The summed E-state index contributed by atoms with van der Waals surface area (Å²) in [6, 6.07) is 25.1. The summed E-state index contributed by atoms with van der Waals surface area (Å²) in [6.45, 7) is 2.47. The van der Waals surface area contributed by atoms with Crippen molar-refractivity contribution in [3.63, 3.8) is 0 Å². The highest BCUT2D eigenvalue weighted by Crippen LogP contribution is 2.25. The monoisotopic (exact) mass is 415 g/mol. The lowest BCUT2D eigenvalue weighted by Gasteiger charge is -2.14. The van der Waals surface area contributed by atoms with Crippen molar-refractivity contribution in [1.82, 2.24) is 10.3 Å². The molecule has 30 heavy (non-hydrogen) atoms. The smallest absolute Gasteiger partial charge is 0.252 e. The molecular weight excluding hydrogens is 394 g/mol. The van der Waals surface area contributed by atoms with E-state index in [0.29, 0.717) is 22.9 Å². The van der Waals surface area contributed by atoms with Gasteiger partial charge < -0.3 is 10.6 Å². The number of hydrogen-bond donors (Lipinski definition) is 2. The first-order chi connectivity index (χ1) is 14.7. The molecule has 4 aromatic rings. The third-order valence-electron chi connectivity index (χ3n) is 5.02. The van der Waals surface area contributed by atoms with Crippen LogP contribution in [0.2, 0.25) is 5.02 Å². The van der Waals surface area contributed by atoms with Gasteiger partial charge in [0.2, 0.25) is 0 Å². The number of rotatable bonds is 6. The first kappa shape index (κ1) is 19.9. The maximum Gasteiger partial charge on any atom is 0.252 e. The van der Waals surface area contributed by atoms with Gasteiger partial charge in [-0.3, -0.25) is 4.79 Å².